The lowest BCUT2D eigenvalue weighted by Crippen LogP contribution is -2.26. The summed E-state index contributed by atoms with van der Waals surface area (Å²) in [5.41, 5.74) is 0.510. The van der Waals surface area contributed by atoms with Gasteiger partial charge in [-0.25, -0.2) is 0 Å². The molecular formula is C14H17NO4. The third-order valence-corrected chi connectivity index (χ3v) is 2.33. The first-order valence-electron chi connectivity index (χ1n) is 5.86. The van der Waals surface area contributed by atoms with E-state index in [2.05, 4.69) is 16.6 Å². The summed E-state index contributed by atoms with van der Waals surface area (Å²) in [4.78, 5) is 22.6. The molecule has 0 saturated heterocycles. The minimum atomic E-state index is -0.353. The molecule has 5 nitrogen and oxygen atoms in total. The summed E-state index contributed by atoms with van der Waals surface area (Å²) in [7, 11) is 1.31. The molecule has 5 heteroatoms. The molecule has 19 heavy (non-hydrogen) atoms. The van der Waals surface area contributed by atoms with Crippen molar-refractivity contribution < 1.29 is 19.1 Å². The number of esters is 1. The summed E-state index contributed by atoms with van der Waals surface area (Å²) in [6, 6.07) is 6.73. The van der Waals surface area contributed by atoms with Gasteiger partial charge in [-0.1, -0.05) is 12.7 Å². The van der Waals surface area contributed by atoms with Gasteiger partial charge in [0.05, 0.1) is 13.5 Å². The Bertz CT molecular complexity index is 439. The van der Waals surface area contributed by atoms with Crippen molar-refractivity contribution in [2.45, 2.75) is 6.42 Å². The van der Waals surface area contributed by atoms with Crippen molar-refractivity contribution in [1.82, 2.24) is 5.32 Å². The van der Waals surface area contributed by atoms with Gasteiger partial charge in [0.25, 0.3) is 5.91 Å². The number of benzene rings is 1. The van der Waals surface area contributed by atoms with E-state index in [0.717, 1.165) is 0 Å². The number of carbonyl (C=O) groups is 2. The highest BCUT2D eigenvalue weighted by atomic mass is 16.5. The van der Waals surface area contributed by atoms with E-state index < -0.39 is 0 Å². The van der Waals surface area contributed by atoms with Crippen molar-refractivity contribution in [3.63, 3.8) is 0 Å². The van der Waals surface area contributed by atoms with Crippen molar-refractivity contribution in [3.05, 3.63) is 42.5 Å². The van der Waals surface area contributed by atoms with Gasteiger partial charge in [-0.3, -0.25) is 9.59 Å². The summed E-state index contributed by atoms with van der Waals surface area (Å²) in [5.74, 6) is 0.0821. The van der Waals surface area contributed by atoms with Crippen LogP contribution in [0.2, 0.25) is 0 Å². The van der Waals surface area contributed by atoms with Crippen molar-refractivity contribution in [2.24, 2.45) is 0 Å². The largest absolute Gasteiger partial charge is 0.490 e. The molecule has 0 spiro atoms. The fraction of sp³-hybridized carbons (Fsp3) is 0.286. The van der Waals surface area contributed by atoms with Crippen LogP contribution in [-0.2, 0) is 9.53 Å². The highest BCUT2D eigenvalue weighted by molar-refractivity contribution is 5.94. The predicted octanol–water partition coefficient (Wildman–Crippen LogP) is 1.54. The standard InChI is InChI=1S/C14H17NO4/c1-3-10-19-12-6-4-11(5-7-12)14(17)15-9-8-13(16)18-2/h3-7H,1,8-10H2,2H3,(H,15,17). The van der Waals surface area contributed by atoms with Gasteiger partial charge in [-0.15, -0.1) is 0 Å². The van der Waals surface area contributed by atoms with Crippen LogP contribution in [0.1, 0.15) is 16.8 Å². The Morgan fingerprint density at radius 2 is 2.00 bits per heavy atom. The molecule has 0 radical (unpaired) electrons. The van der Waals surface area contributed by atoms with Crippen LogP contribution < -0.4 is 10.1 Å². The molecule has 0 aliphatic carbocycles. The van der Waals surface area contributed by atoms with Crippen LogP contribution >= 0.6 is 0 Å². The fourth-order valence-corrected chi connectivity index (χ4v) is 1.34. The van der Waals surface area contributed by atoms with E-state index in [1.54, 1.807) is 30.3 Å². The Morgan fingerprint density at radius 3 is 2.58 bits per heavy atom. The van der Waals surface area contributed by atoms with E-state index in [9.17, 15) is 9.59 Å². The molecule has 0 aromatic heterocycles. The van der Waals surface area contributed by atoms with Crippen LogP contribution in [0, 0.1) is 0 Å². The molecule has 0 aliphatic rings. The Hall–Kier alpha value is -2.30. The lowest BCUT2D eigenvalue weighted by atomic mass is 10.2. The van der Waals surface area contributed by atoms with Crippen molar-refractivity contribution >= 4 is 11.9 Å². The summed E-state index contributed by atoms with van der Waals surface area (Å²) in [6.45, 7) is 4.22. The van der Waals surface area contributed by atoms with Gasteiger partial charge in [0.1, 0.15) is 12.4 Å². The molecule has 0 atom stereocenters. The Labute approximate surface area is 112 Å². The maximum atomic E-state index is 11.7. The normalized spacial score (nSPS) is 9.53. The molecule has 0 heterocycles. The number of hydrogen-bond acceptors (Lipinski definition) is 4. The Morgan fingerprint density at radius 1 is 1.32 bits per heavy atom. The molecule has 0 saturated carbocycles. The van der Waals surface area contributed by atoms with E-state index in [1.807, 2.05) is 0 Å². The number of rotatable bonds is 7. The molecular weight excluding hydrogens is 246 g/mol. The number of methoxy groups -OCH3 is 1. The zero-order chi connectivity index (χ0) is 14.1. The first-order chi connectivity index (χ1) is 9.17. The number of hydrogen-bond donors (Lipinski definition) is 1. The minimum Gasteiger partial charge on any atom is -0.490 e. The number of ether oxygens (including phenoxy) is 2. The molecule has 1 amide bonds. The maximum absolute atomic E-state index is 11.7. The van der Waals surface area contributed by atoms with Gasteiger partial charge in [-0.05, 0) is 24.3 Å². The van der Waals surface area contributed by atoms with Crippen LogP contribution in [0.25, 0.3) is 0 Å². The topological polar surface area (TPSA) is 64.6 Å². The SMILES string of the molecule is C=CCOc1ccc(C(=O)NCCC(=O)OC)cc1. The molecule has 102 valence electrons. The molecule has 1 rings (SSSR count). The first-order valence-corrected chi connectivity index (χ1v) is 5.86. The third-order valence-electron chi connectivity index (χ3n) is 2.33. The average molecular weight is 263 g/mol. The maximum Gasteiger partial charge on any atom is 0.307 e. The summed E-state index contributed by atoms with van der Waals surface area (Å²) >= 11 is 0. The van der Waals surface area contributed by atoms with Gasteiger partial charge in [-0.2, -0.15) is 0 Å². The van der Waals surface area contributed by atoms with Crippen LogP contribution in [-0.4, -0.2) is 32.1 Å². The second-order valence-corrected chi connectivity index (χ2v) is 3.71. The minimum absolute atomic E-state index is 0.156. The first kappa shape index (κ1) is 14.8. The van der Waals surface area contributed by atoms with Crippen LogP contribution in [0.5, 0.6) is 5.75 Å². The lowest BCUT2D eigenvalue weighted by molar-refractivity contribution is -0.140. The van der Waals surface area contributed by atoms with Crippen LogP contribution in [0.3, 0.4) is 0 Å². The van der Waals surface area contributed by atoms with E-state index in [-0.39, 0.29) is 24.8 Å². The highest BCUT2D eigenvalue weighted by Gasteiger charge is 2.06. The molecule has 0 unspecified atom stereocenters. The molecule has 0 bridgehead atoms. The zero-order valence-electron chi connectivity index (χ0n) is 10.8. The third kappa shape index (κ3) is 5.25. The molecule has 1 N–H and O–H groups in total. The van der Waals surface area contributed by atoms with Crippen LogP contribution in [0.4, 0.5) is 0 Å². The van der Waals surface area contributed by atoms with Gasteiger partial charge < -0.3 is 14.8 Å². The summed E-state index contributed by atoms with van der Waals surface area (Å²) in [5, 5.41) is 2.63. The smallest absolute Gasteiger partial charge is 0.307 e. The quantitative estimate of drug-likeness (QED) is 0.598. The average Bonchev–Trinajstić information content (AvgIpc) is 2.45. The van der Waals surface area contributed by atoms with Crippen molar-refractivity contribution in [2.75, 3.05) is 20.3 Å². The monoisotopic (exact) mass is 263 g/mol. The molecule has 0 aliphatic heterocycles. The van der Waals surface area contributed by atoms with Gasteiger partial charge in [0.15, 0.2) is 0 Å². The Kier molecular flexibility index (Phi) is 6.15. The predicted molar refractivity (Wildman–Crippen MR) is 71.1 cm³/mol. The van der Waals surface area contributed by atoms with Gasteiger partial charge in [0.2, 0.25) is 0 Å². The zero-order valence-corrected chi connectivity index (χ0v) is 10.8. The number of nitrogens with one attached hydrogen (secondary N) is 1. The van der Waals surface area contributed by atoms with Crippen molar-refractivity contribution in [1.29, 1.82) is 0 Å². The number of carbonyl (C=O) groups excluding carboxylic acids is 2. The van der Waals surface area contributed by atoms with E-state index in [4.69, 9.17) is 4.74 Å². The molecule has 1 aromatic rings. The molecule has 0 fully saturated rings. The Balaban J connectivity index is 2.44. The number of amides is 1. The second-order valence-electron chi connectivity index (χ2n) is 3.71. The van der Waals surface area contributed by atoms with E-state index >= 15 is 0 Å². The van der Waals surface area contributed by atoms with Gasteiger partial charge in [0, 0.05) is 12.1 Å². The molecule has 1 aromatic carbocycles. The lowest BCUT2D eigenvalue weighted by Gasteiger charge is -2.06. The summed E-state index contributed by atoms with van der Waals surface area (Å²) in [6.07, 6.45) is 1.80. The van der Waals surface area contributed by atoms with Crippen molar-refractivity contribution in [3.8, 4) is 5.75 Å². The highest BCUT2D eigenvalue weighted by Crippen LogP contribution is 2.12. The second kappa shape index (κ2) is 7.92. The summed E-state index contributed by atoms with van der Waals surface area (Å²) < 4.78 is 9.78. The van der Waals surface area contributed by atoms with Gasteiger partial charge >= 0.3 is 5.97 Å². The van der Waals surface area contributed by atoms with Crippen LogP contribution in [0.15, 0.2) is 36.9 Å². The van der Waals surface area contributed by atoms with E-state index in [1.165, 1.54) is 7.11 Å². The fourth-order valence-electron chi connectivity index (χ4n) is 1.34. The van der Waals surface area contributed by atoms with E-state index in [0.29, 0.717) is 17.9 Å².